The number of carbonyl (C=O) groups is 1. The number of non-ortho nitro benzene ring substituents is 1. The summed E-state index contributed by atoms with van der Waals surface area (Å²) in [6.45, 7) is 2.96. The van der Waals surface area contributed by atoms with Crippen LogP contribution in [0.2, 0.25) is 0 Å². The lowest BCUT2D eigenvalue weighted by molar-refractivity contribution is -0.384. The first-order chi connectivity index (χ1) is 8.24. The topological polar surface area (TPSA) is 94.3 Å². The zero-order valence-electron chi connectivity index (χ0n) is 9.99. The van der Waals surface area contributed by atoms with Crippen molar-refractivity contribution in [3.05, 3.63) is 39.9 Å². The lowest BCUT2D eigenvalue weighted by atomic mass is 10.1. The van der Waals surface area contributed by atoms with Gasteiger partial charge in [0.2, 0.25) is 0 Å². The molecule has 0 saturated heterocycles. The third-order valence-electron chi connectivity index (χ3n) is 2.43. The molecule has 0 spiro atoms. The van der Waals surface area contributed by atoms with E-state index in [4.69, 9.17) is 0 Å². The minimum absolute atomic E-state index is 0.0356. The summed E-state index contributed by atoms with van der Waals surface area (Å²) < 4.78 is 23.2. The molecule has 0 N–H and O–H groups in total. The molecule has 0 saturated carbocycles. The highest BCUT2D eigenvalue weighted by Gasteiger charge is 2.22. The first-order valence-electron chi connectivity index (χ1n) is 5.23. The summed E-state index contributed by atoms with van der Waals surface area (Å²) in [7, 11) is -3.50. The van der Waals surface area contributed by atoms with Crippen molar-refractivity contribution in [3.8, 4) is 0 Å². The van der Waals surface area contributed by atoms with Crippen molar-refractivity contribution in [1.29, 1.82) is 0 Å². The number of nitrogens with zero attached hydrogens (tertiary/aromatic N) is 1. The molecule has 1 aromatic rings. The SMILES string of the molecule is CC(C)S(=O)(=O)CC(=O)c1cccc([N+](=O)[O-])c1. The Morgan fingerprint density at radius 2 is 2.00 bits per heavy atom. The van der Waals surface area contributed by atoms with Gasteiger partial charge >= 0.3 is 0 Å². The van der Waals surface area contributed by atoms with E-state index in [-0.39, 0.29) is 11.3 Å². The number of hydrogen-bond acceptors (Lipinski definition) is 5. The molecule has 0 atom stereocenters. The van der Waals surface area contributed by atoms with E-state index in [1.54, 1.807) is 0 Å². The highest BCUT2D eigenvalue weighted by Crippen LogP contribution is 2.14. The second-order valence-electron chi connectivity index (χ2n) is 4.09. The molecule has 1 rings (SSSR count). The summed E-state index contributed by atoms with van der Waals surface area (Å²) in [5.41, 5.74) is -0.198. The van der Waals surface area contributed by atoms with E-state index in [0.717, 1.165) is 6.07 Å². The normalized spacial score (nSPS) is 11.5. The number of hydrogen-bond donors (Lipinski definition) is 0. The Morgan fingerprint density at radius 1 is 1.39 bits per heavy atom. The summed E-state index contributed by atoms with van der Waals surface area (Å²) in [6.07, 6.45) is 0. The fourth-order valence-electron chi connectivity index (χ4n) is 1.23. The van der Waals surface area contributed by atoms with E-state index in [9.17, 15) is 23.3 Å². The fraction of sp³-hybridized carbons (Fsp3) is 0.364. The van der Waals surface area contributed by atoms with Gasteiger partial charge in [0.15, 0.2) is 15.6 Å². The third kappa shape index (κ3) is 3.36. The van der Waals surface area contributed by atoms with Crippen LogP contribution in [0.4, 0.5) is 5.69 Å². The molecule has 0 fully saturated rings. The van der Waals surface area contributed by atoms with Crippen LogP contribution in [0.1, 0.15) is 24.2 Å². The number of nitro groups is 1. The van der Waals surface area contributed by atoms with Crippen molar-refractivity contribution < 1.29 is 18.1 Å². The van der Waals surface area contributed by atoms with Gasteiger partial charge in [-0.2, -0.15) is 0 Å². The summed E-state index contributed by atoms with van der Waals surface area (Å²) in [6, 6.07) is 5.05. The van der Waals surface area contributed by atoms with Gasteiger partial charge in [-0.05, 0) is 13.8 Å². The van der Waals surface area contributed by atoms with Crippen LogP contribution in [0.3, 0.4) is 0 Å². The molecule has 0 unspecified atom stereocenters. The Bertz CT molecular complexity index is 577. The van der Waals surface area contributed by atoms with Crippen molar-refractivity contribution in [1.82, 2.24) is 0 Å². The smallest absolute Gasteiger partial charge is 0.270 e. The van der Waals surface area contributed by atoms with Crippen molar-refractivity contribution in [2.75, 3.05) is 5.75 Å². The van der Waals surface area contributed by atoms with E-state index in [1.807, 2.05) is 0 Å². The molecule has 1 aromatic carbocycles. The molecule has 0 aromatic heterocycles. The highest BCUT2D eigenvalue weighted by atomic mass is 32.2. The average Bonchev–Trinajstić information content (AvgIpc) is 2.28. The van der Waals surface area contributed by atoms with E-state index in [1.165, 1.54) is 32.0 Å². The molecule has 0 aliphatic carbocycles. The Kier molecular flexibility index (Phi) is 4.18. The molecule has 7 heteroatoms. The largest absolute Gasteiger partial charge is 0.293 e. The minimum atomic E-state index is -3.50. The predicted molar refractivity (Wildman–Crippen MR) is 66.3 cm³/mol. The Labute approximate surface area is 105 Å². The number of ketones is 1. The van der Waals surface area contributed by atoms with Gasteiger partial charge in [0.1, 0.15) is 5.75 Å². The van der Waals surface area contributed by atoms with Crippen LogP contribution in [0.15, 0.2) is 24.3 Å². The zero-order chi connectivity index (χ0) is 13.9. The molecule has 0 aliphatic rings. The Hall–Kier alpha value is -1.76. The molecule has 0 aliphatic heterocycles. The van der Waals surface area contributed by atoms with E-state index in [0.29, 0.717) is 0 Å². The summed E-state index contributed by atoms with van der Waals surface area (Å²) >= 11 is 0. The summed E-state index contributed by atoms with van der Waals surface area (Å²) in [5.74, 6) is -1.27. The first kappa shape index (κ1) is 14.3. The minimum Gasteiger partial charge on any atom is -0.293 e. The van der Waals surface area contributed by atoms with Crippen LogP contribution in [0.5, 0.6) is 0 Å². The molecule has 18 heavy (non-hydrogen) atoms. The molecule has 0 heterocycles. The van der Waals surface area contributed by atoms with Gasteiger partial charge in [-0.3, -0.25) is 14.9 Å². The van der Waals surface area contributed by atoms with E-state index in [2.05, 4.69) is 0 Å². The second-order valence-corrected chi connectivity index (χ2v) is 6.64. The van der Waals surface area contributed by atoms with E-state index >= 15 is 0 Å². The molecular formula is C11H13NO5S. The zero-order valence-corrected chi connectivity index (χ0v) is 10.8. The third-order valence-corrected chi connectivity index (χ3v) is 4.53. The number of sulfone groups is 1. The van der Waals surface area contributed by atoms with Gasteiger partial charge in [0.05, 0.1) is 10.2 Å². The highest BCUT2D eigenvalue weighted by molar-refractivity contribution is 7.92. The number of carbonyl (C=O) groups excluding carboxylic acids is 1. The number of benzene rings is 1. The lowest BCUT2D eigenvalue weighted by Crippen LogP contribution is -2.23. The molecule has 6 nitrogen and oxygen atoms in total. The first-order valence-corrected chi connectivity index (χ1v) is 6.95. The number of rotatable bonds is 5. The van der Waals surface area contributed by atoms with Crippen molar-refractivity contribution in [2.24, 2.45) is 0 Å². The van der Waals surface area contributed by atoms with E-state index < -0.39 is 31.5 Å². The molecule has 98 valence electrons. The van der Waals surface area contributed by atoms with Crippen LogP contribution in [0.25, 0.3) is 0 Å². The molecule has 0 amide bonds. The van der Waals surface area contributed by atoms with Gasteiger partial charge in [-0.25, -0.2) is 8.42 Å². The van der Waals surface area contributed by atoms with Gasteiger partial charge in [0, 0.05) is 17.7 Å². The maximum absolute atomic E-state index is 11.7. The number of nitro benzene ring substituents is 1. The van der Waals surface area contributed by atoms with Crippen LogP contribution in [-0.4, -0.2) is 30.1 Å². The van der Waals surface area contributed by atoms with Gasteiger partial charge in [-0.15, -0.1) is 0 Å². The number of Topliss-reactive ketones (excluding diaryl/α,β-unsaturated/α-hetero) is 1. The van der Waals surface area contributed by atoms with Crippen molar-refractivity contribution in [2.45, 2.75) is 19.1 Å². The van der Waals surface area contributed by atoms with Crippen molar-refractivity contribution >= 4 is 21.3 Å². The fourth-order valence-corrected chi connectivity index (χ4v) is 2.09. The second kappa shape index (κ2) is 5.26. The van der Waals surface area contributed by atoms with Gasteiger partial charge < -0.3 is 0 Å². The predicted octanol–water partition coefficient (Wildman–Crippen LogP) is 1.60. The maximum Gasteiger partial charge on any atom is 0.270 e. The quantitative estimate of drug-likeness (QED) is 0.460. The summed E-state index contributed by atoms with van der Waals surface area (Å²) in [5, 5.41) is 9.89. The molecule has 0 bridgehead atoms. The van der Waals surface area contributed by atoms with Crippen molar-refractivity contribution in [3.63, 3.8) is 0 Å². The van der Waals surface area contributed by atoms with Crippen LogP contribution < -0.4 is 0 Å². The monoisotopic (exact) mass is 271 g/mol. The average molecular weight is 271 g/mol. The van der Waals surface area contributed by atoms with Crippen LogP contribution in [0, 0.1) is 10.1 Å². The summed E-state index contributed by atoms with van der Waals surface area (Å²) in [4.78, 5) is 21.7. The van der Waals surface area contributed by atoms with Crippen LogP contribution in [-0.2, 0) is 9.84 Å². The van der Waals surface area contributed by atoms with Gasteiger partial charge in [0.25, 0.3) is 5.69 Å². The lowest BCUT2D eigenvalue weighted by Gasteiger charge is -2.06. The maximum atomic E-state index is 11.7. The Morgan fingerprint density at radius 3 is 2.50 bits per heavy atom. The molecular weight excluding hydrogens is 258 g/mol. The molecule has 0 radical (unpaired) electrons. The van der Waals surface area contributed by atoms with Gasteiger partial charge in [-0.1, -0.05) is 12.1 Å². The standard InChI is InChI=1S/C11H13NO5S/c1-8(2)18(16,17)7-11(13)9-4-3-5-10(6-9)12(14)15/h3-6,8H,7H2,1-2H3. The Balaban J connectivity index is 2.99. The van der Waals surface area contributed by atoms with Crippen LogP contribution >= 0.6 is 0 Å².